The summed E-state index contributed by atoms with van der Waals surface area (Å²) in [5.74, 6) is 1.78. The normalized spacial score (nSPS) is 20.4. The second-order valence-electron chi connectivity index (χ2n) is 9.72. The van der Waals surface area contributed by atoms with Crippen LogP contribution in [0, 0.1) is 0 Å². The fraction of sp³-hybridized carbons (Fsp3) is 0.444. The molecule has 0 unspecified atom stereocenters. The molecule has 3 aromatic rings. The fourth-order valence-electron chi connectivity index (χ4n) is 5.22. The first-order valence-corrected chi connectivity index (χ1v) is 12.2. The molecule has 7 heteroatoms. The van der Waals surface area contributed by atoms with Crippen molar-refractivity contribution >= 4 is 0 Å². The van der Waals surface area contributed by atoms with Crippen LogP contribution in [0.1, 0.15) is 29.9 Å². The largest absolute Gasteiger partial charge is 0.483 e. The molecule has 3 aliphatic rings. The number of hydrogen-bond acceptors (Lipinski definition) is 5. The Bertz CT molecular complexity index is 1160. The zero-order valence-corrected chi connectivity index (χ0v) is 19.7. The van der Waals surface area contributed by atoms with E-state index in [2.05, 4.69) is 45.8 Å². The lowest BCUT2D eigenvalue weighted by Crippen LogP contribution is -2.37. The average molecular weight is 463 g/mol. The van der Waals surface area contributed by atoms with Gasteiger partial charge in [0.25, 0.3) is 0 Å². The number of halogens is 1. The van der Waals surface area contributed by atoms with E-state index in [0.29, 0.717) is 19.4 Å². The minimum absolute atomic E-state index is 0.456. The Kier molecular flexibility index (Phi) is 5.63. The zero-order chi connectivity index (χ0) is 23.1. The molecular formula is C27H31FN4O2. The summed E-state index contributed by atoms with van der Waals surface area (Å²) in [5, 5.41) is 0. The lowest BCUT2D eigenvalue weighted by atomic mass is 9.85. The Morgan fingerprint density at radius 3 is 2.47 bits per heavy atom. The van der Waals surface area contributed by atoms with E-state index in [-0.39, 0.29) is 0 Å². The van der Waals surface area contributed by atoms with Crippen molar-refractivity contribution in [3.63, 3.8) is 0 Å². The van der Waals surface area contributed by atoms with Crippen molar-refractivity contribution in [3.05, 3.63) is 65.7 Å². The van der Waals surface area contributed by atoms with Crippen molar-refractivity contribution in [2.75, 3.05) is 46.4 Å². The highest BCUT2D eigenvalue weighted by Gasteiger charge is 2.35. The highest BCUT2D eigenvalue weighted by Crippen LogP contribution is 2.38. The van der Waals surface area contributed by atoms with Gasteiger partial charge in [-0.3, -0.25) is 9.47 Å². The quantitative estimate of drug-likeness (QED) is 0.583. The van der Waals surface area contributed by atoms with Crippen LogP contribution in [0.3, 0.4) is 0 Å². The van der Waals surface area contributed by atoms with Gasteiger partial charge in [0, 0.05) is 38.9 Å². The molecule has 34 heavy (non-hydrogen) atoms. The predicted octanol–water partition coefficient (Wildman–Crippen LogP) is 4.15. The number of piperidine rings is 1. The van der Waals surface area contributed by atoms with Crippen LogP contribution in [0.25, 0.3) is 16.8 Å². The van der Waals surface area contributed by atoms with E-state index in [0.717, 1.165) is 85.6 Å². The number of nitrogens with zero attached hydrogens (tertiary/aromatic N) is 4. The van der Waals surface area contributed by atoms with Crippen LogP contribution in [-0.4, -0.2) is 65.8 Å². The lowest BCUT2D eigenvalue weighted by molar-refractivity contribution is 0.0337. The first kappa shape index (κ1) is 21.8. The van der Waals surface area contributed by atoms with E-state index < -0.39 is 5.67 Å². The van der Waals surface area contributed by atoms with Crippen LogP contribution in [0.2, 0.25) is 0 Å². The summed E-state index contributed by atoms with van der Waals surface area (Å²) in [6.07, 6.45) is 3.23. The standard InChI is InChI=1S/C27H31FN4O2/c1-30-10-8-27(28,9-11-30)22-5-2-20(3-6-22)21-4-7-24-25(16-21)34-19-26-29-23(18-32(24)26)17-31-12-14-33-15-13-31/h2-7,16,18H,8-15,17,19H2,1H3. The van der Waals surface area contributed by atoms with Gasteiger partial charge in [0.15, 0.2) is 5.82 Å². The van der Waals surface area contributed by atoms with Crippen LogP contribution < -0.4 is 4.74 Å². The number of benzene rings is 2. The third kappa shape index (κ3) is 4.13. The molecule has 1 aromatic heterocycles. The number of ether oxygens (including phenoxy) is 2. The molecule has 178 valence electrons. The average Bonchev–Trinajstić information content (AvgIpc) is 3.29. The molecule has 3 aliphatic heterocycles. The van der Waals surface area contributed by atoms with Crippen LogP contribution >= 0.6 is 0 Å². The Morgan fingerprint density at radius 2 is 1.71 bits per heavy atom. The minimum Gasteiger partial charge on any atom is -0.483 e. The maximum absolute atomic E-state index is 15.5. The van der Waals surface area contributed by atoms with Crippen LogP contribution in [0.4, 0.5) is 4.39 Å². The maximum atomic E-state index is 15.5. The van der Waals surface area contributed by atoms with Gasteiger partial charge in [-0.05, 0) is 48.7 Å². The third-order valence-corrected chi connectivity index (χ3v) is 7.41. The summed E-state index contributed by atoms with van der Waals surface area (Å²) in [7, 11) is 2.05. The maximum Gasteiger partial charge on any atom is 0.151 e. The number of rotatable bonds is 4. The topological polar surface area (TPSA) is 42.8 Å². The van der Waals surface area contributed by atoms with E-state index >= 15 is 4.39 Å². The van der Waals surface area contributed by atoms with Crippen molar-refractivity contribution in [3.8, 4) is 22.6 Å². The molecule has 0 amide bonds. The van der Waals surface area contributed by atoms with Gasteiger partial charge in [-0.1, -0.05) is 30.3 Å². The molecular weight excluding hydrogens is 431 g/mol. The second-order valence-corrected chi connectivity index (χ2v) is 9.72. The van der Waals surface area contributed by atoms with Gasteiger partial charge in [0.1, 0.15) is 18.0 Å². The summed E-state index contributed by atoms with van der Waals surface area (Å²) in [6.45, 7) is 6.33. The first-order valence-electron chi connectivity index (χ1n) is 12.2. The number of fused-ring (bicyclic) bond motifs is 3. The van der Waals surface area contributed by atoms with E-state index in [4.69, 9.17) is 14.5 Å². The Balaban J connectivity index is 1.21. The molecule has 0 atom stereocenters. The number of alkyl halides is 1. The summed E-state index contributed by atoms with van der Waals surface area (Å²) >= 11 is 0. The van der Waals surface area contributed by atoms with Crippen molar-refractivity contribution in [2.45, 2.75) is 31.7 Å². The molecule has 2 saturated heterocycles. The van der Waals surface area contributed by atoms with Crippen molar-refractivity contribution in [2.24, 2.45) is 0 Å². The predicted molar refractivity (Wildman–Crippen MR) is 129 cm³/mol. The molecule has 0 N–H and O–H groups in total. The van der Waals surface area contributed by atoms with E-state index in [1.165, 1.54) is 0 Å². The second kappa shape index (κ2) is 8.80. The Morgan fingerprint density at radius 1 is 0.971 bits per heavy atom. The smallest absolute Gasteiger partial charge is 0.151 e. The Hall–Kier alpha value is -2.74. The third-order valence-electron chi connectivity index (χ3n) is 7.41. The van der Waals surface area contributed by atoms with Gasteiger partial charge in [-0.2, -0.15) is 0 Å². The summed E-state index contributed by atoms with van der Waals surface area (Å²) in [6, 6.07) is 14.2. The molecule has 0 bridgehead atoms. The Labute approximate surface area is 199 Å². The molecule has 0 saturated carbocycles. The van der Waals surface area contributed by atoms with E-state index in [1.54, 1.807) is 0 Å². The molecule has 2 fully saturated rings. The first-order chi connectivity index (χ1) is 16.6. The molecule has 6 rings (SSSR count). The number of imidazole rings is 1. The number of morpholine rings is 1. The van der Waals surface area contributed by atoms with Crippen molar-refractivity contribution in [1.82, 2.24) is 19.4 Å². The molecule has 4 heterocycles. The van der Waals surface area contributed by atoms with Gasteiger partial charge in [-0.25, -0.2) is 9.37 Å². The molecule has 0 radical (unpaired) electrons. The highest BCUT2D eigenvalue weighted by atomic mass is 19.1. The molecule has 2 aromatic carbocycles. The van der Waals surface area contributed by atoms with Gasteiger partial charge >= 0.3 is 0 Å². The number of likely N-dealkylation sites (tertiary alicyclic amines) is 1. The number of aromatic nitrogens is 2. The SMILES string of the molecule is CN1CCC(F)(c2ccc(-c3ccc4c(c3)OCc3nc(CN5CCOCC5)cn3-4)cc2)CC1. The highest BCUT2D eigenvalue weighted by molar-refractivity contribution is 5.69. The zero-order valence-electron chi connectivity index (χ0n) is 19.7. The molecule has 0 spiro atoms. The van der Waals surface area contributed by atoms with Crippen LogP contribution in [-0.2, 0) is 23.6 Å². The van der Waals surface area contributed by atoms with Crippen molar-refractivity contribution in [1.29, 1.82) is 0 Å². The number of hydrogen-bond donors (Lipinski definition) is 0. The monoisotopic (exact) mass is 462 g/mol. The van der Waals surface area contributed by atoms with E-state index in [9.17, 15) is 0 Å². The molecule has 6 nitrogen and oxygen atoms in total. The van der Waals surface area contributed by atoms with Crippen LogP contribution in [0.5, 0.6) is 5.75 Å². The van der Waals surface area contributed by atoms with Gasteiger partial charge in [0.05, 0.1) is 24.6 Å². The van der Waals surface area contributed by atoms with Gasteiger partial charge in [0.2, 0.25) is 0 Å². The summed E-state index contributed by atoms with van der Waals surface area (Å²) in [5.41, 5.74) is 3.77. The fourth-order valence-corrected chi connectivity index (χ4v) is 5.22. The van der Waals surface area contributed by atoms with Gasteiger partial charge in [-0.15, -0.1) is 0 Å². The summed E-state index contributed by atoms with van der Waals surface area (Å²) < 4.78 is 29.1. The van der Waals surface area contributed by atoms with Crippen LogP contribution in [0.15, 0.2) is 48.7 Å². The van der Waals surface area contributed by atoms with E-state index in [1.807, 2.05) is 24.3 Å². The lowest BCUT2D eigenvalue weighted by Gasteiger charge is -2.34. The van der Waals surface area contributed by atoms with Crippen molar-refractivity contribution < 1.29 is 13.9 Å². The summed E-state index contributed by atoms with van der Waals surface area (Å²) in [4.78, 5) is 9.37. The molecule has 0 aliphatic carbocycles. The minimum atomic E-state index is -1.22. The van der Waals surface area contributed by atoms with Gasteiger partial charge < -0.3 is 14.4 Å².